The van der Waals surface area contributed by atoms with Crippen LogP contribution < -0.4 is 5.32 Å². The molecule has 5 heteroatoms. The second-order valence-electron chi connectivity index (χ2n) is 8.15. The van der Waals surface area contributed by atoms with Gasteiger partial charge in [-0.05, 0) is 39.8 Å². The molecular formula is C26H23NO4. The van der Waals surface area contributed by atoms with Crippen LogP contribution in [0.5, 0.6) is 0 Å². The van der Waals surface area contributed by atoms with E-state index in [0.29, 0.717) is 6.42 Å². The number of carbonyl (C=O) groups excluding carboxylic acids is 1. The van der Waals surface area contributed by atoms with Crippen LogP contribution in [0.1, 0.15) is 40.6 Å². The molecule has 3 aromatic carbocycles. The van der Waals surface area contributed by atoms with E-state index in [1.54, 1.807) is 0 Å². The zero-order chi connectivity index (χ0) is 21.4. The third-order valence-electron chi connectivity index (χ3n) is 6.25. The highest BCUT2D eigenvalue weighted by Crippen LogP contribution is 2.44. The van der Waals surface area contributed by atoms with E-state index in [-0.39, 0.29) is 31.0 Å². The monoisotopic (exact) mass is 413 g/mol. The number of carbonyl (C=O) groups is 2. The number of benzene rings is 3. The third-order valence-corrected chi connectivity index (χ3v) is 6.25. The highest BCUT2D eigenvalue weighted by molar-refractivity contribution is 5.81. The molecule has 0 aromatic heterocycles. The van der Waals surface area contributed by atoms with E-state index in [9.17, 15) is 14.7 Å². The van der Waals surface area contributed by atoms with Gasteiger partial charge in [-0.1, -0.05) is 72.8 Å². The number of aliphatic carboxylic acids is 1. The summed E-state index contributed by atoms with van der Waals surface area (Å²) < 4.78 is 5.84. The number of esters is 1. The standard InChI is InChI=1S/C26H23NO4/c28-24(29)14-17-13-16-7-1-2-8-18(16)25(27-17)26(30)31-15-23-21-11-5-3-9-19(21)20-10-4-6-12-22(20)23/h1-12,17,23,25,27H,13-15H2,(H,28,29)/t17?,25-/m0/s1. The molecule has 31 heavy (non-hydrogen) atoms. The van der Waals surface area contributed by atoms with E-state index in [0.717, 1.165) is 22.3 Å². The third kappa shape index (κ3) is 3.62. The molecule has 5 nitrogen and oxygen atoms in total. The molecule has 0 fully saturated rings. The maximum Gasteiger partial charge on any atom is 0.327 e. The van der Waals surface area contributed by atoms with E-state index >= 15 is 0 Å². The molecule has 0 radical (unpaired) electrons. The van der Waals surface area contributed by atoms with E-state index in [2.05, 4.69) is 29.6 Å². The van der Waals surface area contributed by atoms with Gasteiger partial charge in [0.15, 0.2) is 0 Å². The zero-order valence-corrected chi connectivity index (χ0v) is 17.0. The number of rotatable bonds is 5. The van der Waals surface area contributed by atoms with Gasteiger partial charge in [0.2, 0.25) is 0 Å². The highest BCUT2D eigenvalue weighted by Gasteiger charge is 2.34. The number of carboxylic acids is 1. The largest absolute Gasteiger partial charge is 0.481 e. The van der Waals surface area contributed by atoms with Crippen LogP contribution in [0.2, 0.25) is 0 Å². The molecule has 5 rings (SSSR count). The Balaban J connectivity index is 1.38. The highest BCUT2D eigenvalue weighted by atomic mass is 16.5. The van der Waals surface area contributed by atoms with Gasteiger partial charge in [-0.15, -0.1) is 0 Å². The Morgan fingerprint density at radius 2 is 1.45 bits per heavy atom. The second kappa shape index (κ2) is 8.00. The molecular weight excluding hydrogens is 390 g/mol. The average molecular weight is 413 g/mol. The van der Waals surface area contributed by atoms with Crippen LogP contribution in [0.15, 0.2) is 72.8 Å². The Morgan fingerprint density at radius 1 is 0.871 bits per heavy atom. The Kier molecular flexibility index (Phi) is 5.04. The molecule has 2 atom stereocenters. The predicted molar refractivity (Wildman–Crippen MR) is 117 cm³/mol. The minimum Gasteiger partial charge on any atom is -0.481 e. The topological polar surface area (TPSA) is 75.6 Å². The molecule has 2 N–H and O–H groups in total. The summed E-state index contributed by atoms with van der Waals surface area (Å²) >= 11 is 0. The number of ether oxygens (including phenoxy) is 1. The van der Waals surface area contributed by atoms with Crippen molar-refractivity contribution in [2.45, 2.75) is 30.8 Å². The lowest BCUT2D eigenvalue weighted by molar-refractivity contribution is -0.148. The minimum absolute atomic E-state index is 0.00926. The molecule has 0 bridgehead atoms. The Bertz CT molecular complexity index is 1110. The van der Waals surface area contributed by atoms with Gasteiger partial charge in [0, 0.05) is 12.0 Å². The molecule has 1 aliphatic carbocycles. The lowest BCUT2D eigenvalue weighted by Crippen LogP contribution is -2.44. The lowest BCUT2D eigenvalue weighted by atomic mass is 9.89. The van der Waals surface area contributed by atoms with Gasteiger partial charge in [-0.3, -0.25) is 10.1 Å². The SMILES string of the molecule is O=C(O)CC1Cc2ccccc2[C@@H](C(=O)OCC2c3ccccc3-c3ccccc32)N1. The van der Waals surface area contributed by atoms with Crippen LogP contribution in [-0.2, 0) is 20.7 Å². The van der Waals surface area contributed by atoms with Crippen molar-refractivity contribution >= 4 is 11.9 Å². The number of fused-ring (bicyclic) bond motifs is 4. The lowest BCUT2D eigenvalue weighted by Gasteiger charge is -2.31. The van der Waals surface area contributed by atoms with Gasteiger partial charge < -0.3 is 9.84 Å². The summed E-state index contributed by atoms with van der Waals surface area (Å²) in [4.78, 5) is 24.4. The van der Waals surface area contributed by atoms with Crippen LogP contribution in [-0.4, -0.2) is 29.7 Å². The van der Waals surface area contributed by atoms with Gasteiger partial charge in [0.1, 0.15) is 12.6 Å². The molecule has 3 aromatic rings. The summed E-state index contributed by atoms with van der Waals surface area (Å²) in [6.45, 7) is 0.247. The van der Waals surface area contributed by atoms with Crippen molar-refractivity contribution in [1.29, 1.82) is 0 Å². The predicted octanol–water partition coefficient (Wildman–Crippen LogP) is 4.07. The summed E-state index contributed by atoms with van der Waals surface area (Å²) in [5.41, 5.74) is 6.55. The first-order chi connectivity index (χ1) is 15.1. The van der Waals surface area contributed by atoms with Gasteiger partial charge in [0.25, 0.3) is 0 Å². The molecule has 156 valence electrons. The van der Waals surface area contributed by atoms with Crippen molar-refractivity contribution in [3.63, 3.8) is 0 Å². The number of carboxylic acid groups (broad SMARTS) is 1. The summed E-state index contributed by atoms with van der Waals surface area (Å²) in [5, 5.41) is 12.4. The van der Waals surface area contributed by atoms with Crippen LogP contribution >= 0.6 is 0 Å². The molecule has 0 saturated heterocycles. The summed E-state index contributed by atoms with van der Waals surface area (Å²) in [7, 11) is 0. The Morgan fingerprint density at radius 3 is 2.10 bits per heavy atom. The Labute approximate surface area is 180 Å². The van der Waals surface area contributed by atoms with Crippen molar-refractivity contribution in [3.05, 3.63) is 95.1 Å². The fraction of sp³-hybridized carbons (Fsp3) is 0.231. The minimum atomic E-state index is -0.886. The second-order valence-corrected chi connectivity index (χ2v) is 8.15. The molecule has 2 aliphatic rings. The molecule has 0 spiro atoms. The maximum absolute atomic E-state index is 13.1. The fourth-order valence-electron chi connectivity index (χ4n) is 4.88. The van der Waals surface area contributed by atoms with Gasteiger partial charge >= 0.3 is 11.9 Å². The van der Waals surface area contributed by atoms with Crippen molar-refractivity contribution in [1.82, 2.24) is 5.32 Å². The normalized spacial score (nSPS) is 19.2. The van der Waals surface area contributed by atoms with E-state index in [1.165, 1.54) is 11.1 Å². The van der Waals surface area contributed by atoms with Crippen LogP contribution in [0.3, 0.4) is 0 Å². The fourth-order valence-corrected chi connectivity index (χ4v) is 4.88. The molecule has 0 saturated carbocycles. The van der Waals surface area contributed by atoms with Crippen molar-refractivity contribution in [2.24, 2.45) is 0 Å². The van der Waals surface area contributed by atoms with Gasteiger partial charge in [-0.2, -0.15) is 0 Å². The molecule has 1 unspecified atom stereocenters. The first kappa shape index (κ1) is 19.5. The number of hydrogen-bond donors (Lipinski definition) is 2. The van der Waals surface area contributed by atoms with E-state index in [1.807, 2.05) is 48.5 Å². The van der Waals surface area contributed by atoms with Crippen molar-refractivity contribution < 1.29 is 19.4 Å². The van der Waals surface area contributed by atoms with E-state index in [4.69, 9.17) is 4.74 Å². The number of hydrogen-bond acceptors (Lipinski definition) is 4. The molecule has 1 aliphatic heterocycles. The van der Waals surface area contributed by atoms with Crippen molar-refractivity contribution in [2.75, 3.05) is 6.61 Å². The zero-order valence-electron chi connectivity index (χ0n) is 17.0. The van der Waals surface area contributed by atoms with Crippen LogP contribution in [0.4, 0.5) is 0 Å². The van der Waals surface area contributed by atoms with Crippen molar-refractivity contribution in [3.8, 4) is 11.1 Å². The Hall–Kier alpha value is -3.44. The van der Waals surface area contributed by atoms with E-state index < -0.39 is 12.0 Å². The van der Waals surface area contributed by atoms with Gasteiger partial charge in [-0.25, -0.2) is 4.79 Å². The maximum atomic E-state index is 13.1. The van der Waals surface area contributed by atoms with Gasteiger partial charge in [0.05, 0.1) is 6.42 Å². The summed E-state index contributed by atoms with van der Waals surface area (Å²) in [5.74, 6) is -1.27. The smallest absolute Gasteiger partial charge is 0.327 e. The first-order valence-electron chi connectivity index (χ1n) is 10.5. The summed E-state index contributed by atoms with van der Waals surface area (Å²) in [6.07, 6.45) is 0.539. The molecule has 1 heterocycles. The number of nitrogens with one attached hydrogen (secondary N) is 1. The molecule has 0 amide bonds. The quantitative estimate of drug-likeness (QED) is 0.617. The van der Waals surface area contributed by atoms with Crippen LogP contribution in [0.25, 0.3) is 11.1 Å². The first-order valence-corrected chi connectivity index (χ1v) is 10.5. The average Bonchev–Trinajstić information content (AvgIpc) is 3.10. The van der Waals surface area contributed by atoms with Crippen LogP contribution in [0, 0.1) is 0 Å². The summed E-state index contributed by atoms with van der Waals surface area (Å²) in [6, 6.07) is 23.1.